The number of nitrogens with zero attached hydrogens (tertiary/aromatic N) is 2. The summed E-state index contributed by atoms with van der Waals surface area (Å²) < 4.78 is 31.7. The van der Waals surface area contributed by atoms with E-state index in [2.05, 4.69) is 39.4 Å². The zero-order chi connectivity index (χ0) is 29.7. The van der Waals surface area contributed by atoms with Crippen molar-refractivity contribution in [1.82, 2.24) is 15.1 Å². The molecule has 2 aliphatic heterocycles. The number of amides is 2. The van der Waals surface area contributed by atoms with Gasteiger partial charge in [0.2, 0.25) is 5.91 Å². The van der Waals surface area contributed by atoms with Crippen LogP contribution in [-0.4, -0.2) is 71.6 Å². The molecule has 0 bridgehead atoms. The molecular weight excluding hydrogens is 535 g/mol. The van der Waals surface area contributed by atoms with Crippen LogP contribution in [-0.2, 0) is 9.59 Å². The Hall–Kier alpha value is -3.40. The molecular formula is C31H38F3N3O4. The van der Waals surface area contributed by atoms with Gasteiger partial charge < -0.3 is 20.2 Å². The van der Waals surface area contributed by atoms with E-state index in [1.165, 1.54) is 12.0 Å². The van der Waals surface area contributed by atoms with Gasteiger partial charge in [-0.15, -0.1) is 0 Å². The Bertz CT molecular complexity index is 1200. The van der Waals surface area contributed by atoms with Gasteiger partial charge in [0.1, 0.15) is 0 Å². The Labute approximate surface area is 238 Å². The van der Waals surface area contributed by atoms with Crippen LogP contribution < -0.4 is 5.32 Å². The monoisotopic (exact) mass is 573 g/mol. The van der Waals surface area contributed by atoms with Gasteiger partial charge in [0.25, 0.3) is 5.91 Å². The fourth-order valence-corrected chi connectivity index (χ4v) is 6.03. The molecule has 0 spiro atoms. The van der Waals surface area contributed by atoms with E-state index < -0.39 is 12.1 Å². The van der Waals surface area contributed by atoms with Crippen molar-refractivity contribution in [1.29, 1.82) is 0 Å². The minimum absolute atomic E-state index is 0.0665. The lowest BCUT2D eigenvalue weighted by molar-refractivity contribution is -0.192. The smallest absolute Gasteiger partial charge is 0.475 e. The van der Waals surface area contributed by atoms with Gasteiger partial charge in [0.15, 0.2) is 0 Å². The summed E-state index contributed by atoms with van der Waals surface area (Å²) in [6, 6.07) is 16.5. The van der Waals surface area contributed by atoms with Crippen LogP contribution in [0.2, 0.25) is 0 Å². The number of benzene rings is 2. The van der Waals surface area contributed by atoms with Crippen LogP contribution >= 0.6 is 0 Å². The van der Waals surface area contributed by atoms with Crippen molar-refractivity contribution >= 4 is 17.8 Å². The molecule has 1 saturated carbocycles. The lowest BCUT2D eigenvalue weighted by atomic mass is 9.84. The highest BCUT2D eigenvalue weighted by atomic mass is 19.4. The first-order chi connectivity index (χ1) is 19.4. The molecule has 0 aromatic heterocycles. The number of nitrogens with one attached hydrogen (secondary N) is 1. The van der Waals surface area contributed by atoms with E-state index in [9.17, 15) is 22.8 Å². The van der Waals surface area contributed by atoms with Crippen molar-refractivity contribution in [2.24, 2.45) is 17.8 Å². The van der Waals surface area contributed by atoms with Gasteiger partial charge in [-0.1, -0.05) is 55.0 Å². The van der Waals surface area contributed by atoms with Crippen LogP contribution in [0.1, 0.15) is 58.8 Å². The summed E-state index contributed by atoms with van der Waals surface area (Å²) in [5.41, 5.74) is 4.21. The summed E-state index contributed by atoms with van der Waals surface area (Å²) in [7, 11) is 0. The maximum Gasteiger partial charge on any atom is 0.490 e. The lowest BCUT2D eigenvalue weighted by Gasteiger charge is -2.29. The number of carboxylic acid groups (broad SMARTS) is 1. The van der Waals surface area contributed by atoms with Crippen molar-refractivity contribution in [2.75, 3.05) is 32.7 Å². The number of carbonyl (C=O) groups excluding carboxylic acids is 2. The molecule has 2 aromatic carbocycles. The van der Waals surface area contributed by atoms with Crippen molar-refractivity contribution in [3.8, 4) is 0 Å². The molecule has 10 heteroatoms. The maximum absolute atomic E-state index is 13.2. The molecule has 7 nitrogen and oxygen atoms in total. The standard InChI is InChI=1S/C29H37N3O2.C2HF3O2/c1-20-8-6-9-21(2)27(20)29(34)32-18-24-16-31(17-25(24)19-32)15-14-26(22-10-4-3-5-11-22)30-28(33)23-12-7-13-23;3-2(4,5)1(6)7/h3-6,8-11,23-26H,7,12-19H2,1-2H3,(H,30,33);(H,6,7)/t24-,25?,26?;/m0./s1. The summed E-state index contributed by atoms with van der Waals surface area (Å²) in [6.45, 7) is 8.83. The fraction of sp³-hybridized carbons (Fsp3) is 0.516. The third-order valence-corrected chi connectivity index (χ3v) is 8.51. The van der Waals surface area contributed by atoms with Crippen LogP contribution in [0.25, 0.3) is 0 Å². The molecule has 2 unspecified atom stereocenters. The van der Waals surface area contributed by atoms with E-state index in [-0.39, 0.29) is 23.8 Å². The summed E-state index contributed by atoms with van der Waals surface area (Å²) in [4.78, 5) is 39.4. The average molecular weight is 574 g/mol. The first-order valence-electron chi connectivity index (χ1n) is 14.2. The van der Waals surface area contributed by atoms with Crippen molar-refractivity contribution in [3.63, 3.8) is 0 Å². The highest BCUT2D eigenvalue weighted by Crippen LogP contribution is 2.34. The van der Waals surface area contributed by atoms with Gasteiger partial charge in [-0.2, -0.15) is 13.2 Å². The number of fused-ring (bicyclic) bond motifs is 1. The second-order valence-electron chi connectivity index (χ2n) is 11.4. The first kappa shape index (κ1) is 30.6. The topological polar surface area (TPSA) is 90.0 Å². The Morgan fingerprint density at radius 1 is 0.927 bits per heavy atom. The molecule has 2 saturated heterocycles. The Kier molecular flexibility index (Phi) is 9.73. The van der Waals surface area contributed by atoms with Gasteiger partial charge in [-0.25, -0.2) is 4.79 Å². The largest absolute Gasteiger partial charge is 0.490 e. The molecule has 1 aliphatic carbocycles. The minimum atomic E-state index is -5.08. The highest BCUT2D eigenvalue weighted by Gasteiger charge is 2.42. The molecule has 41 heavy (non-hydrogen) atoms. The highest BCUT2D eigenvalue weighted by molar-refractivity contribution is 5.97. The van der Waals surface area contributed by atoms with E-state index in [0.29, 0.717) is 11.8 Å². The van der Waals surface area contributed by atoms with E-state index in [1.54, 1.807) is 0 Å². The molecule has 2 heterocycles. The number of halogens is 3. The van der Waals surface area contributed by atoms with Gasteiger partial charge in [-0.05, 0) is 61.6 Å². The Balaban J connectivity index is 0.000000493. The number of hydrogen-bond acceptors (Lipinski definition) is 4. The Morgan fingerprint density at radius 2 is 1.49 bits per heavy atom. The van der Waals surface area contributed by atoms with Crippen molar-refractivity contribution < 1.29 is 32.7 Å². The maximum atomic E-state index is 13.2. The van der Waals surface area contributed by atoms with Crippen molar-refractivity contribution in [2.45, 2.75) is 51.7 Å². The molecule has 222 valence electrons. The average Bonchev–Trinajstić information content (AvgIpc) is 3.45. The van der Waals surface area contributed by atoms with Gasteiger partial charge in [0, 0.05) is 44.2 Å². The molecule has 3 atom stereocenters. The zero-order valence-corrected chi connectivity index (χ0v) is 23.5. The van der Waals surface area contributed by atoms with E-state index >= 15 is 0 Å². The number of hydrogen-bond donors (Lipinski definition) is 2. The molecule has 0 radical (unpaired) electrons. The number of aryl methyl sites for hydroxylation is 2. The number of alkyl halides is 3. The predicted octanol–water partition coefficient (Wildman–Crippen LogP) is 4.99. The van der Waals surface area contributed by atoms with Gasteiger partial charge >= 0.3 is 12.1 Å². The normalized spacial score (nSPS) is 21.3. The van der Waals surface area contributed by atoms with E-state index in [4.69, 9.17) is 9.90 Å². The number of aliphatic carboxylic acids is 1. The van der Waals surface area contributed by atoms with Crippen LogP contribution in [0.3, 0.4) is 0 Å². The fourth-order valence-electron chi connectivity index (χ4n) is 6.03. The third-order valence-electron chi connectivity index (χ3n) is 8.51. The van der Waals surface area contributed by atoms with E-state index in [0.717, 1.165) is 68.7 Å². The van der Waals surface area contributed by atoms with E-state index in [1.807, 2.05) is 38.1 Å². The molecule has 2 amide bonds. The third kappa shape index (κ3) is 7.67. The summed E-state index contributed by atoms with van der Waals surface area (Å²) in [5, 5.41) is 10.5. The lowest BCUT2D eigenvalue weighted by Crippen LogP contribution is -2.38. The number of likely N-dealkylation sites (tertiary alicyclic amines) is 2. The van der Waals surface area contributed by atoms with Crippen LogP contribution in [0.15, 0.2) is 48.5 Å². The SMILES string of the molecule is Cc1cccc(C)c1C(=O)N1CC2CN(CCC(NC(=O)C3CCC3)c3ccccc3)C[C@H]2C1.O=C(O)C(F)(F)F. The quantitative estimate of drug-likeness (QED) is 0.487. The Morgan fingerprint density at radius 3 is 1.98 bits per heavy atom. The number of carboxylic acids is 1. The van der Waals surface area contributed by atoms with Crippen molar-refractivity contribution in [3.05, 3.63) is 70.8 Å². The molecule has 3 aliphatic rings. The van der Waals surface area contributed by atoms with Gasteiger partial charge in [-0.3, -0.25) is 9.59 Å². The number of carbonyl (C=O) groups is 3. The second-order valence-corrected chi connectivity index (χ2v) is 11.4. The zero-order valence-electron chi connectivity index (χ0n) is 23.5. The van der Waals surface area contributed by atoms with Crippen LogP contribution in [0.5, 0.6) is 0 Å². The van der Waals surface area contributed by atoms with Crippen LogP contribution in [0, 0.1) is 31.6 Å². The minimum Gasteiger partial charge on any atom is -0.475 e. The van der Waals surface area contributed by atoms with Gasteiger partial charge in [0.05, 0.1) is 6.04 Å². The molecule has 3 fully saturated rings. The molecule has 2 N–H and O–H groups in total. The van der Waals surface area contributed by atoms with Crippen LogP contribution in [0.4, 0.5) is 13.2 Å². The number of rotatable bonds is 7. The predicted molar refractivity (Wildman–Crippen MR) is 148 cm³/mol. The summed E-state index contributed by atoms with van der Waals surface area (Å²) in [6.07, 6.45) is -0.930. The summed E-state index contributed by atoms with van der Waals surface area (Å²) >= 11 is 0. The summed E-state index contributed by atoms with van der Waals surface area (Å²) in [5.74, 6) is -1.04. The first-order valence-corrected chi connectivity index (χ1v) is 14.2. The second kappa shape index (κ2) is 13.1. The molecule has 5 rings (SSSR count). The molecule has 2 aromatic rings.